The summed E-state index contributed by atoms with van der Waals surface area (Å²) in [7, 11) is 0. The number of pyridine rings is 1. The molecule has 0 saturated carbocycles. The molecular weight excluding hydrogens is 214 g/mol. The molecule has 1 aliphatic rings. The molecule has 1 fully saturated rings. The smallest absolute Gasteiger partial charge is 0.198 e. The topological polar surface area (TPSA) is 51.0 Å². The fourth-order valence-corrected chi connectivity index (χ4v) is 2.42. The second kappa shape index (κ2) is 4.84. The van der Waals surface area contributed by atoms with Gasteiger partial charge < -0.3 is 9.73 Å². The van der Waals surface area contributed by atoms with Crippen LogP contribution in [0.3, 0.4) is 0 Å². The monoisotopic (exact) mass is 231 g/mol. The van der Waals surface area contributed by atoms with Crippen molar-refractivity contribution in [2.24, 2.45) is 5.92 Å². The lowest BCUT2D eigenvalue weighted by molar-refractivity contribution is 0.347. The van der Waals surface area contributed by atoms with Crippen LogP contribution in [0.15, 0.2) is 22.7 Å². The Kier molecular flexibility index (Phi) is 3.05. The van der Waals surface area contributed by atoms with E-state index in [2.05, 4.69) is 15.3 Å². The number of oxazole rings is 1. The third-order valence-corrected chi connectivity index (χ3v) is 3.37. The molecule has 4 nitrogen and oxygen atoms in total. The van der Waals surface area contributed by atoms with Gasteiger partial charge in [-0.15, -0.1) is 0 Å². The molecule has 3 heterocycles. The zero-order valence-corrected chi connectivity index (χ0v) is 9.85. The molecule has 0 aromatic carbocycles. The fraction of sp³-hybridized carbons (Fsp3) is 0.538. The van der Waals surface area contributed by atoms with E-state index in [-0.39, 0.29) is 0 Å². The summed E-state index contributed by atoms with van der Waals surface area (Å²) in [6.07, 6.45) is 6.44. The van der Waals surface area contributed by atoms with Crippen LogP contribution in [0, 0.1) is 5.92 Å². The van der Waals surface area contributed by atoms with Crippen LogP contribution in [0.5, 0.6) is 0 Å². The van der Waals surface area contributed by atoms with Crippen LogP contribution >= 0.6 is 0 Å². The van der Waals surface area contributed by atoms with Crippen molar-refractivity contribution in [2.75, 3.05) is 13.1 Å². The second-order valence-electron chi connectivity index (χ2n) is 4.68. The number of nitrogens with one attached hydrogen (secondary N) is 1. The van der Waals surface area contributed by atoms with E-state index in [0.717, 1.165) is 42.4 Å². The molecule has 3 rings (SSSR count). The Hall–Kier alpha value is -1.42. The maximum absolute atomic E-state index is 5.67. The number of piperidine rings is 1. The molecule has 1 unspecified atom stereocenters. The molecule has 0 aliphatic carbocycles. The number of aromatic nitrogens is 2. The van der Waals surface area contributed by atoms with E-state index in [4.69, 9.17) is 4.42 Å². The second-order valence-corrected chi connectivity index (χ2v) is 4.68. The zero-order chi connectivity index (χ0) is 11.5. The van der Waals surface area contributed by atoms with Gasteiger partial charge in [0.25, 0.3) is 0 Å². The van der Waals surface area contributed by atoms with E-state index in [1.165, 1.54) is 19.4 Å². The van der Waals surface area contributed by atoms with Crippen LogP contribution in [0.25, 0.3) is 11.2 Å². The third kappa shape index (κ3) is 2.47. The third-order valence-electron chi connectivity index (χ3n) is 3.37. The normalized spacial score (nSPS) is 20.8. The van der Waals surface area contributed by atoms with E-state index in [1.54, 1.807) is 6.20 Å². The minimum Gasteiger partial charge on any atom is -0.439 e. The van der Waals surface area contributed by atoms with Gasteiger partial charge in [0.2, 0.25) is 0 Å². The number of aryl methyl sites for hydroxylation is 1. The fourth-order valence-electron chi connectivity index (χ4n) is 2.42. The van der Waals surface area contributed by atoms with Gasteiger partial charge in [-0.25, -0.2) is 4.98 Å². The first-order valence-corrected chi connectivity index (χ1v) is 6.33. The van der Waals surface area contributed by atoms with Gasteiger partial charge in [-0.2, -0.15) is 4.98 Å². The lowest BCUT2D eigenvalue weighted by Gasteiger charge is -2.21. The van der Waals surface area contributed by atoms with Crippen LogP contribution in [0.2, 0.25) is 0 Å². The van der Waals surface area contributed by atoms with Gasteiger partial charge in [-0.05, 0) is 50.4 Å². The summed E-state index contributed by atoms with van der Waals surface area (Å²) in [5.74, 6) is 1.59. The largest absolute Gasteiger partial charge is 0.439 e. The van der Waals surface area contributed by atoms with Crippen molar-refractivity contribution >= 4 is 11.2 Å². The number of nitrogens with zero attached hydrogens (tertiary/aromatic N) is 2. The SMILES string of the molecule is c1cnc2nc(CCC3CCCNC3)oc2c1. The van der Waals surface area contributed by atoms with E-state index < -0.39 is 0 Å². The Labute approximate surface area is 100 Å². The van der Waals surface area contributed by atoms with Gasteiger partial charge in [0.1, 0.15) is 0 Å². The lowest BCUT2D eigenvalue weighted by Crippen LogP contribution is -2.29. The van der Waals surface area contributed by atoms with Crippen LogP contribution in [-0.4, -0.2) is 23.1 Å². The Morgan fingerprint density at radius 3 is 3.29 bits per heavy atom. The molecule has 2 aromatic rings. The van der Waals surface area contributed by atoms with Crippen molar-refractivity contribution < 1.29 is 4.42 Å². The van der Waals surface area contributed by atoms with Crippen molar-refractivity contribution in [2.45, 2.75) is 25.7 Å². The Balaban J connectivity index is 1.64. The summed E-state index contributed by atoms with van der Waals surface area (Å²) in [4.78, 5) is 8.58. The van der Waals surface area contributed by atoms with Crippen LogP contribution < -0.4 is 5.32 Å². The standard InChI is InChI=1S/C13H17N3O/c1-3-10(9-14-7-1)5-6-12-16-13-11(17-12)4-2-8-15-13/h2,4,8,10,14H,1,3,5-7,9H2. The van der Waals surface area contributed by atoms with E-state index >= 15 is 0 Å². The predicted molar refractivity (Wildman–Crippen MR) is 65.7 cm³/mol. The molecule has 0 radical (unpaired) electrons. The first-order chi connectivity index (χ1) is 8.42. The predicted octanol–water partition coefficient (Wildman–Crippen LogP) is 2.16. The lowest BCUT2D eigenvalue weighted by atomic mass is 9.95. The molecule has 2 aromatic heterocycles. The van der Waals surface area contributed by atoms with Gasteiger partial charge in [-0.1, -0.05) is 0 Å². The van der Waals surface area contributed by atoms with Gasteiger partial charge in [-0.3, -0.25) is 0 Å². The first kappa shape index (κ1) is 10.7. The number of fused-ring (bicyclic) bond motifs is 1. The van der Waals surface area contributed by atoms with Crippen LogP contribution in [0.4, 0.5) is 0 Å². The Morgan fingerprint density at radius 1 is 1.47 bits per heavy atom. The minimum absolute atomic E-state index is 0.726. The van der Waals surface area contributed by atoms with Crippen LogP contribution in [-0.2, 0) is 6.42 Å². The van der Waals surface area contributed by atoms with Crippen molar-refractivity contribution in [1.82, 2.24) is 15.3 Å². The van der Waals surface area contributed by atoms with E-state index in [9.17, 15) is 0 Å². The summed E-state index contributed by atoms with van der Waals surface area (Å²) < 4.78 is 5.67. The molecule has 4 heteroatoms. The van der Waals surface area contributed by atoms with Crippen molar-refractivity contribution in [3.05, 3.63) is 24.2 Å². The molecular formula is C13H17N3O. The number of hydrogen-bond donors (Lipinski definition) is 1. The van der Waals surface area contributed by atoms with Gasteiger partial charge in [0, 0.05) is 12.6 Å². The van der Waals surface area contributed by atoms with E-state index in [0.29, 0.717) is 0 Å². The quantitative estimate of drug-likeness (QED) is 0.879. The summed E-state index contributed by atoms with van der Waals surface area (Å²) in [5.41, 5.74) is 1.52. The molecule has 1 aliphatic heterocycles. The van der Waals surface area contributed by atoms with Gasteiger partial charge in [0.05, 0.1) is 0 Å². The minimum atomic E-state index is 0.726. The van der Waals surface area contributed by atoms with Crippen LogP contribution in [0.1, 0.15) is 25.2 Å². The van der Waals surface area contributed by atoms with E-state index in [1.807, 2.05) is 12.1 Å². The van der Waals surface area contributed by atoms with Gasteiger partial charge in [0.15, 0.2) is 17.1 Å². The average Bonchev–Trinajstić information content (AvgIpc) is 2.80. The molecule has 1 saturated heterocycles. The summed E-state index contributed by atoms with van der Waals surface area (Å²) in [6.45, 7) is 2.31. The molecule has 17 heavy (non-hydrogen) atoms. The number of rotatable bonds is 3. The summed E-state index contributed by atoms with van der Waals surface area (Å²) in [5, 5.41) is 3.43. The zero-order valence-electron chi connectivity index (χ0n) is 9.85. The Bertz CT molecular complexity index is 455. The highest BCUT2D eigenvalue weighted by molar-refractivity contribution is 5.66. The maximum atomic E-state index is 5.67. The van der Waals surface area contributed by atoms with Gasteiger partial charge >= 0.3 is 0 Å². The molecule has 1 atom stereocenters. The van der Waals surface area contributed by atoms with Crippen molar-refractivity contribution in [3.8, 4) is 0 Å². The summed E-state index contributed by atoms with van der Waals surface area (Å²) >= 11 is 0. The first-order valence-electron chi connectivity index (χ1n) is 6.33. The van der Waals surface area contributed by atoms with Crippen molar-refractivity contribution in [3.63, 3.8) is 0 Å². The molecule has 0 bridgehead atoms. The molecule has 0 amide bonds. The molecule has 1 N–H and O–H groups in total. The molecule has 0 spiro atoms. The maximum Gasteiger partial charge on any atom is 0.198 e. The molecule has 90 valence electrons. The summed E-state index contributed by atoms with van der Waals surface area (Å²) in [6, 6.07) is 3.79. The highest BCUT2D eigenvalue weighted by Crippen LogP contribution is 2.19. The highest BCUT2D eigenvalue weighted by Gasteiger charge is 2.14. The Morgan fingerprint density at radius 2 is 2.47 bits per heavy atom. The highest BCUT2D eigenvalue weighted by atomic mass is 16.3. The van der Waals surface area contributed by atoms with Crippen molar-refractivity contribution in [1.29, 1.82) is 0 Å². The number of hydrogen-bond acceptors (Lipinski definition) is 4. The average molecular weight is 231 g/mol.